The van der Waals surface area contributed by atoms with Crippen molar-refractivity contribution in [3.8, 4) is 0 Å². The SMILES string of the molecule is O=C(COCc1ccccc1)N1CCN(Cc2cccc(Cl)c2)CC1. The quantitative estimate of drug-likeness (QED) is 0.795. The lowest BCUT2D eigenvalue weighted by Crippen LogP contribution is -2.49. The molecule has 0 spiro atoms. The van der Waals surface area contributed by atoms with Crippen LogP contribution in [0.3, 0.4) is 0 Å². The Hall–Kier alpha value is -1.88. The molecule has 0 aromatic heterocycles. The second-order valence-corrected chi connectivity index (χ2v) is 6.70. The minimum Gasteiger partial charge on any atom is -0.367 e. The molecular weight excluding hydrogens is 336 g/mol. The summed E-state index contributed by atoms with van der Waals surface area (Å²) in [5.41, 5.74) is 2.29. The van der Waals surface area contributed by atoms with Crippen LogP contribution >= 0.6 is 11.6 Å². The summed E-state index contributed by atoms with van der Waals surface area (Å²) in [5.74, 6) is 0.0679. The number of halogens is 1. The first-order valence-corrected chi connectivity index (χ1v) is 8.95. The third kappa shape index (κ3) is 5.56. The fourth-order valence-corrected chi connectivity index (χ4v) is 3.18. The Morgan fingerprint density at radius 2 is 1.68 bits per heavy atom. The first-order valence-electron chi connectivity index (χ1n) is 8.57. The van der Waals surface area contributed by atoms with E-state index in [4.69, 9.17) is 16.3 Å². The van der Waals surface area contributed by atoms with Gasteiger partial charge in [0.2, 0.25) is 5.91 Å². The normalized spacial score (nSPS) is 15.3. The van der Waals surface area contributed by atoms with Gasteiger partial charge in [0, 0.05) is 37.7 Å². The Morgan fingerprint density at radius 3 is 2.40 bits per heavy atom. The van der Waals surface area contributed by atoms with Gasteiger partial charge >= 0.3 is 0 Å². The van der Waals surface area contributed by atoms with E-state index in [1.165, 1.54) is 5.56 Å². The number of nitrogens with zero attached hydrogens (tertiary/aromatic N) is 2. The molecular formula is C20H23ClN2O2. The highest BCUT2D eigenvalue weighted by Crippen LogP contribution is 2.14. The summed E-state index contributed by atoms with van der Waals surface area (Å²) in [6.07, 6.45) is 0. The van der Waals surface area contributed by atoms with Crippen LogP contribution in [-0.2, 0) is 22.7 Å². The maximum absolute atomic E-state index is 12.3. The average molecular weight is 359 g/mol. The van der Waals surface area contributed by atoms with Gasteiger partial charge in [-0.1, -0.05) is 54.1 Å². The van der Waals surface area contributed by atoms with Gasteiger partial charge in [-0.05, 0) is 23.3 Å². The monoisotopic (exact) mass is 358 g/mol. The number of carbonyl (C=O) groups excluding carboxylic acids is 1. The number of hydrogen-bond donors (Lipinski definition) is 0. The molecule has 25 heavy (non-hydrogen) atoms. The molecule has 0 radical (unpaired) electrons. The van der Waals surface area contributed by atoms with Crippen molar-refractivity contribution >= 4 is 17.5 Å². The second-order valence-electron chi connectivity index (χ2n) is 6.27. The van der Waals surface area contributed by atoms with E-state index in [2.05, 4.69) is 11.0 Å². The zero-order valence-electron chi connectivity index (χ0n) is 14.2. The van der Waals surface area contributed by atoms with Crippen molar-refractivity contribution in [3.05, 3.63) is 70.7 Å². The van der Waals surface area contributed by atoms with Crippen molar-refractivity contribution < 1.29 is 9.53 Å². The van der Waals surface area contributed by atoms with Crippen molar-refractivity contribution in [2.24, 2.45) is 0 Å². The van der Waals surface area contributed by atoms with E-state index in [1.54, 1.807) is 0 Å². The molecule has 0 unspecified atom stereocenters. The summed E-state index contributed by atoms with van der Waals surface area (Å²) in [6, 6.07) is 17.9. The van der Waals surface area contributed by atoms with Gasteiger partial charge in [0.25, 0.3) is 0 Å². The molecule has 0 bridgehead atoms. The molecule has 1 aliphatic heterocycles. The van der Waals surface area contributed by atoms with E-state index in [0.29, 0.717) is 6.61 Å². The summed E-state index contributed by atoms with van der Waals surface area (Å²) in [7, 11) is 0. The van der Waals surface area contributed by atoms with E-state index in [1.807, 2.05) is 53.4 Å². The van der Waals surface area contributed by atoms with E-state index in [0.717, 1.165) is 43.3 Å². The average Bonchev–Trinajstić information content (AvgIpc) is 2.63. The number of hydrogen-bond acceptors (Lipinski definition) is 3. The van der Waals surface area contributed by atoms with E-state index in [-0.39, 0.29) is 12.5 Å². The third-order valence-electron chi connectivity index (χ3n) is 4.36. The molecule has 0 atom stereocenters. The molecule has 1 heterocycles. The molecule has 4 nitrogen and oxygen atoms in total. The third-order valence-corrected chi connectivity index (χ3v) is 4.59. The lowest BCUT2D eigenvalue weighted by Gasteiger charge is -2.34. The van der Waals surface area contributed by atoms with Crippen molar-refractivity contribution in [2.75, 3.05) is 32.8 Å². The number of carbonyl (C=O) groups is 1. The molecule has 1 amide bonds. The summed E-state index contributed by atoms with van der Waals surface area (Å²) in [4.78, 5) is 16.5. The zero-order valence-corrected chi connectivity index (χ0v) is 15.0. The number of ether oxygens (including phenoxy) is 1. The van der Waals surface area contributed by atoms with Crippen molar-refractivity contribution in [2.45, 2.75) is 13.2 Å². The molecule has 5 heteroatoms. The van der Waals surface area contributed by atoms with Crippen LogP contribution in [0.15, 0.2) is 54.6 Å². The molecule has 0 saturated carbocycles. The fourth-order valence-electron chi connectivity index (χ4n) is 2.97. The summed E-state index contributed by atoms with van der Waals surface area (Å²) < 4.78 is 5.55. The van der Waals surface area contributed by atoms with E-state index >= 15 is 0 Å². The topological polar surface area (TPSA) is 32.8 Å². The van der Waals surface area contributed by atoms with E-state index in [9.17, 15) is 4.79 Å². The minimum atomic E-state index is 0.0679. The van der Waals surface area contributed by atoms with Crippen LogP contribution in [0.2, 0.25) is 5.02 Å². The Kier molecular flexibility index (Phi) is 6.45. The van der Waals surface area contributed by atoms with Crippen LogP contribution in [0.25, 0.3) is 0 Å². The maximum atomic E-state index is 12.3. The molecule has 1 fully saturated rings. The van der Waals surface area contributed by atoms with Gasteiger partial charge in [-0.15, -0.1) is 0 Å². The summed E-state index contributed by atoms with van der Waals surface area (Å²) in [6.45, 7) is 4.72. The highest BCUT2D eigenvalue weighted by atomic mass is 35.5. The Morgan fingerprint density at radius 1 is 0.960 bits per heavy atom. The predicted molar refractivity (Wildman–Crippen MR) is 99.4 cm³/mol. The number of piperazine rings is 1. The predicted octanol–water partition coefficient (Wildman–Crippen LogP) is 3.20. The van der Waals surface area contributed by atoms with E-state index < -0.39 is 0 Å². The summed E-state index contributed by atoms with van der Waals surface area (Å²) >= 11 is 6.03. The largest absolute Gasteiger partial charge is 0.367 e. The first kappa shape index (κ1) is 17.9. The first-order chi connectivity index (χ1) is 12.2. The molecule has 2 aromatic rings. The zero-order chi connectivity index (χ0) is 17.5. The van der Waals surface area contributed by atoms with Crippen LogP contribution < -0.4 is 0 Å². The molecule has 0 N–H and O–H groups in total. The van der Waals surface area contributed by atoms with Gasteiger partial charge in [-0.2, -0.15) is 0 Å². The van der Waals surface area contributed by atoms with Gasteiger partial charge in [0.05, 0.1) is 6.61 Å². The lowest BCUT2D eigenvalue weighted by atomic mass is 10.2. The number of amides is 1. The molecule has 132 valence electrons. The highest BCUT2D eigenvalue weighted by Gasteiger charge is 2.21. The number of benzene rings is 2. The highest BCUT2D eigenvalue weighted by molar-refractivity contribution is 6.30. The van der Waals surface area contributed by atoms with Crippen LogP contribution in [0.1, 0.15) is 11.1 Å². The van der Waals surface area contributed by atoms with Crippen molar-refractivity contribution in [1.82, 2.24) is 9.80 Å². The van der Waals surface area contributed by atoms with Gasteiger partial charge < -0.3 is 9.64 Å². The Bertz CT molecular complexity index is 685. The van der Waals surface area contributed by atoms with Crippen LogP contribution in [0, 0.1) is 0 Å². The van der Waals surface area contributed by atoms with Gasteiger partial charge in [-0.25, -0.2) is 0 Å². The standard InChI is InChI=1S/C20H23ClN2O2/c21-19-8-4-7-18(13-19)14-22-9-11-23(12-10-22)20(24)16-25-15-17-5-2-1-3-6-17/h1-8,13H,9-12,14-16H2. The van der Waals surface area contributed by atoms with Crippen LogP contribution in [0.5, 0.6) is 0 Å². The minimum absolute atomic E-state index is 0.0679. The van der Waals surface area contributed by atoms with Gasteiger partial charge in [-0.3, -0.25) is 9.69 Å². The maximum Gasteiger partial charge on any atom is 0.248 e. The molecule has 3 rings (SSSR count). The Labute approximate surface area is 154 Å². The van der Waals surface area contributed by atoms with Gasteiger partial charge in [0.1, 0.15) is 6.61 Å². The fraction of sp³-hybridized carbons (Fsp3) is 0.350. The van der Waals surface area contributed by atoms with Crippen molar-refractivity contribution in [1.29, 1.82) is 0 Å². The molecule has 0 aliphatic carbocycles. The second kappa shape index (κ2) is 8.99. The molecule has 2 aromatic carbocycles. The van der Waals surface area contributed by atoms with Crippen molar-refractivity contribution in [3.63, 3.8) is 0 Å². The van der Waals surface area contributed by atoms with Crippen LogP contribution in [0.4, 0.5) is 0 Å². The van der Waals surface area contributed by atoms with Gasteiger partial charge in [0.15, 0.2) is 0 Å². The molecule has 1 saturated heterocycles. The Balaban J connectivity index is 1.38. The van der Waals surface area contributed by atoms with Crippen LogP contribution in [-0.4, -0.2) is 48.5 Å². The smallest absolute Gasteiger partial charge is 0.248 e. The molecule has 1 aliphatic rings. The lowest BCUT2D eigenvalue weighted by molar-refractivity contribution is -0.138. The number of rotatable bonds is 6. The summed E-state index contributed by atoms with van der Waals surface area (Å²) in [5, 5.41) is 0.766.